The third-order valence-corrected chi connectivity index (χ3v) is 2.48. The Hall–Kier alpha value is -0.810. The van der Waals surface area contributed by atoms with Crippen molar-refractivity contribution in [1.82, 2.24) is 0 Å². The van der Waals surface area contributed by atoms with Crippen molar-refractivity contribution in [3.05, 3.63) is 28.8 Å². The van der Waals surface area contributed by atoms with Gasteiger partial charge in [0.2, 0.25) is 0 Å². The van der Waals surface area contributed by atoms with Crippen molar-refractivity contribution in [1.29, 1.82) is 0 Å². The van der Waals surface area contributed by atoms with Crippen LogP contribution in [0.2, 0.25) is 5.02 Å². The molecule has 0 saturated heterocycles. The predicted molar refractivity (Wildman–Crippen MR) is 70.0 cm³/mol. The van der Waals surface area contributed by atoms with Crippen LogP contribution in [0.3, 0.4) is 0 Å². The van der Waals surface area contributed by atoms with Gasteiger partial charge in [-0.3, -0.25) is 0 Å². The predicted octanol–water partition coefficient (Wildman–Crippen LogP) is 2.00. The molecular formula is C13H19ClO4. The zero-order chi connectivity index (χ0) is 13.5. The molecule has 0 aromatic heterocycles. The van der Waals surface area contributed by atoms with Gasteiger partial charge in [-0.15, -0.1) is 0 Å². The Bertz CT molecular complexity index is 368. The molecule has 4 nitrogen and oxygen atoms in total. The Morgan fingerprint density at radius 2 is 2.00 bits per heavy atom. The Morgan fingerprint density at radius 1 is 1.28 bits per heavy atom. The zero-order valence-corrected chi connectivity index (χ0v) is 11.4. The summed E-state index contributed by atoms with van der Waals surface area (Å²) in [6.45, 7) is 3.98. The van der Waals surface area contributed by atoms with E-state index in [2.05, 4.69) is 0 Å². The summed E-state index contributed by atoms with van der Waals surface area (Å²) in [5.41, 5.74) is 0.597. The van der Waals surface area contributed by atoms with Crippen molar-refractivity contribution in [2.45, 2.75) is 32.7 Å². The molecule has 18 heavy (non-hydrogen) atoms. The summed E-state index contributed by atoms with van der Waals surface area (Å²) in [6, 6.07) is 4.98. The van der Waals surface area contributed by atoms with Crippen LogP contribution in [0.15, 0.2) is 18.2 Å². The fourth-order valence-electron chi connectivity index (χ4n) is 1.35. The van der Waals surface area contributed by atoms with Crippen molar-refractivity contribution in [2.24, 2.45) is 0 Å². The molecule has 0 fully saturated rings. The lowest BCUT2D eigenvalue weighted by molar-refractivity contribution is -0.0125. The normalized spacial score (nSPS) is 12.8. The first kappa shape index (κ1) is 15.2. The fourth-order valence-corrected chi connectivity index (χ4v) is 1.54. The van der Waals surface area contributed by atoms with Gasteiger partial charge in [0, 0.05) is 10.6 Å². The minimum absolute atomic E-state index is 0.0724. The number of rotatable bonds is 7. The Balaban J connectivity index is 2.47. The van der Waals surface area contributed by atoms with E-state index in [0.717, 1.165) is 0 Å². The molecule has 0 aliphatic rings. The highest BCUT2D eigenvalue weighted by Gasteiger charge is 2.09. The van der Waals surface area contributed by atoms with Gasteiger partial charge in [-0.25, -0.2) is 0 Å². The Labute approximate surface area is 112 Å². The number of halogens is 1. The first-order valence-electron chi connectivity index (χ1n) is 5.84. The van der Waals surface area contributed by atoms with E-state index in [-0.39, 0.29) is 25.9 Å². The van der Waals surface area contributed by atoms with Crippen molar-refractivity contribution in [3.63, 3.8) is 0 Å². The molecule has 0 saturated carbocycles. The van der Waals surface area contributed by atoms with Gasteiger partial charge in [-0.05, 0) is 32.0 Å². The molecule has 0 bridgehead atoms. The highest BCUT2D eigenvalue weighted by molar-refractivity contribution is 6.30. The Morgan fingerprint density at radius 3 is 2.61 bits per heavy atom. The third-order valence-electron chi connectivity index (χ3n) is 2.25. The lowest BCUT2D eigenvalue weighted by atomic mass is 10.2. The van der Waals surface area contributed by atoms with E-state index in [1.165, 1.54) is 0 Å². The second-order valence-corrected chi connectivity index (χ2v) is 4.69. The molecule has 1 aromatic carbocycles. The average Bonchev–Trinajstić information content (AvgIpc) is 2.34. The highest BCUT2D eigenvalue weighted by atomic mass is 35.5. The van der Waals surface area contributed by atoms with E-state index in [1.54, 1.807) is 18.2 Å². The molecule has 5 heteroatoms. The maximum Gasteiger partial charge on any atom is 0.125 e. The number of aliphatic hydroxyl groups is 2. The first-order valence-corrected chi connectivity index (χ1v) is 6.22. The number of hydrogen-bond donors (Lipinski definition) is 2. The van der Waals surface area contributed by atoms with Crippen LogP contribution in [0.5, 0.6) is 5.75 Å². The largest absolute Gasteiger partial charge is 0.490 e. The molecule has 0 aliphatic carbocycles. The molecular weight excluding hydrogens is 256 g/mol. The van der Waals surface area contributed by atoms with E-state index >= 15 is 0 Å². The first-order chi connectivity index (χ1) is 8.52. The van der Waals surface area contributed by atoms with E-state index in [9.17, 15) is 5.11 Å². The Kier molecular flexibility index (Phi) is 6.43. The minimum Gasteiger partial charge on any atom is -0.490 e. The maximum absolute atomic E-state index is 9.64. The van der Waals surface area contributed by atoms with Crippen LogP contribution >= 0.6 is 11.6 Å². The van der Waals surface area contributed by atoms with Gasteiger partial charge in [0.15, 0.2) is 0 Å². The van der Waals surface area contributed by atoms with Crippen molar-refractivity contribution in [2.75, 3.05) is 13.2 Å². The molecule has 0 aliphatic heterocycles. The maximum atomic E-state index is 9.64. The van der Waals surface area contributed by atoms with E-state index in [4.69, 9.17) is 26.2 Å². The number of benzene rings is 1. The average molecular weight is 275 g/mol. The molecule has 0 radical (unpaired) electrons. The summed E-state index contributed by atoms with van der Waals surface area (Å²) in [6.07, 6.45) is -0.627. The SMILES string of the molecule is CC(C)OCC(O)COc1ccc(Cl)cc1CO. The molecule has 1 unspecified atom stereocenters. The number of aliphatic hydroxyl groups excluding tert-OH is 2. The van der Waals surface area contributed by atoms with Gasteiger partial charge in [0.1, 0.15) is 18.5 Å². The quantitative estimate of drug-likeness (QED) is 0.798. The molecule has 1 atom stereocenters. The monoisotopic (exact) mass is 274 g/mol. The van der Waals surface area contributed by atoms with Crippen LogP contribution in [0.1, 0.15) is 19.4 Å². The zero-order valence-electron chi connectivity index (χ0n) is 10.6. The number of ether oxygens (including phenoxy) is 2. The molecule has 1 rings (SSSR count). The van der Waals surface area contributed by atoms with Crippen LogP contribution < -0.4 is 4.74 Å². The summed E-state index contributed by atoms with van der Waals surface area (Å²) < 4.78 is 10.7. The summed E-state index contributed by atoms with van der Waals surface area (Å²) in [4.78, 5) is 0. The fraction of sp³-hybridized carbons (Fsp3) is 0.538. The van der Waals surface area contributed by atoms with Crippen LogP contribution in [0.4, 0.5) is 0 Å². The molecule has 0 amide bonds. The van der Waals surface area contributed by atoms with Gasteiger partial charge in [0.05, 0.1) is 19.3 Å². The van der Waals surface area contributed by atoms with Crippen molar-refractivity contribution >= 4 is 11.6 Å². The summed E-state index contributed by atoms with van der Waals surface area (Å²) in [7, 11) is 0. The van der Waals surface area contributed by atoms with Gasteiger partial charge in [-0.1, -0.05) is 11.6 Å². The smallest absolute Gasteiger partial charge is 0.125 e. The minimum atomic E-state index is -0.699. The lowest BCUT2D eigenvalue weighted by Crippen LogP contribution is -2.25. The highest BCUT2D eigenvalue weighted by Crippen LogP contribution is 2.23. The lowest BCUT2D eigenvalue weighted by Gasteiger charge is -2.16. The van der Waals surface area contributed by atoms with Crippen LogP contribution in [0, 0.1) is 0 Å². The molecule has 102 valence electrons. The van der Waals surface area contributed by atoms with Crippen molar-refractivity contribution in [3.8, 4) is 5.75 Å². The molecule has 1 aromatic rings. The summed E-state index contributed by atoms with van der Waals surface area (Å²) in [5.74, 6) is 0.519. The molecule has 2 N–H and O–H groups in total. The van der Waals surface area contributed by atoms with Crippen LogP contribution in [-0.4, -0.2) is 35.6 Å². The third kappa shape index (κ3) is 5.23. The van der Waals surface area contributed by atoms with Crippen LogP contribution in [-0.2, 0) is 11.3 Å². The van der Waals surface area contributed by atoms with Gasteiger partial charge in [-0.2, -0.15) is 0 Å². The summed E-state index contributed by atoms with van der Waals surface area (Å²) >= 11 is 5.81. The van der Waals surface area contributed by atoms with Gasteiger partial charge in [0.25, 0.3) is 0 Å². The second kappa shape index (κ2) is 7.59. The van der Waals surface area contributed by atoms with Gasteiger partial charge >= 0.3 is 0 Å². The van der Waals surface area contributed by atoms with Crippen molar-refractivity contribution < 1.29 is 19.7 Å². The number of hydrogen-bond acceptors (Lipinski definition) is 4. The second-order valence-electron chi connectivity index (χ2n) is 4.26. The van der Waals surface area contributed by atoms with Crippen LogP contribution in [0.25, 0.3) is 0 Å². The van der Waals surface area contributed by atoms with E-state index < -0.39 is 6.10 Å². The van der Waals surface area contributed by atoms with E-state index in [1.807, 2.05) is 13.8 Å². The topological polar surface area (TPSA) is 58.9 Å². The van der Waals surface area contributed by atoms with Gasteiger partial charge < -0.3 is 19.7 Å². The standard InChI is InChI=1S/C13H19ClO4/c1-9(2)17-7-12(16)8-18-13-4-3-11(14)5-10(13)6-15/h3-5,9,12,15-16H,6-8H2,1-2H3. The molecule has 0 heterocycles. The van der Waals surface area contributed by atoms with E-state index in [0.29, 0.717) is 16.3 Å². The summed E-state index contributed by atoms with van der Waals surface area (Å²) in [5, 5.41) is 19.3. The molecule has 0 spiro atoms.